The first-order valence-electron chi connectivity index (χ1n) is 10.3. The van der Waals surface area contributed by atoms with E-state index >= 15 is 0 Å². The molecule has 0 aliphatic rings. The third-order valence-corrected chi connectivity index (χ3v) is 4.54. The van der Waals surface area contributed by atoms with Gasteiger partial charge in [0.25, 0.3) is 0 Å². The van der Waals surface area contributed by atoms with E-state index in [1.54, 1.807) is 13.8 Å². The monoisotopic (exact) mass is 444 g/mol. The molecule has 0 saturated carbocycles. The maximum atomic E-state index is 12.8. The van der Waals surface area contributed by atoms with Gasteiger partial charge in [0.1, 0.15) is 18.1 Å². The average Bonchev–Trinajstić information content (AvgIpc) is 2.67. The molecule has 0 heterocycles. The normalized spacial score (nSPS) is 14.8. The lowest BCUT2D eigenvalue weighted by Crippen LogP contribution is -2.57. The predicted octanol–water partition coefficient (Wildman–Crippen LogP) is -2.08. The van der Waals surface area contributed by atoms with Gasteiger partial charge in [-0.1, -0.05) is 13.8 Å². The highest BCUT2D eigenvalue weighted by molar-refractivity contribution is 5.94. The quantitative estimate of drug-likeness (QED) is 0.139. The summed E-state index contributed by atoms with van der Waals surface area (Å²) in [4.78, 5) is 59.9. The van der Waals surface area contributed by atoms with Crippen LogP contribution in [0.25, 0.3) is 0 Å². The van der Waals surface area contributed by atoms with Crippen molar-refractivity contribution in [1.29, 1.82) is 0 Å². The number of carbonyl (C=O) groups is 5. The smallest absolute Gasteiger partial charge is 0.326 e. The second-order valence-corrected chi connectivity index (χ2v) is 7.77. The summed E-state index contributed by atoms with van der Waals surface area (Å²) in [6.45, 7) is 5.10. The molecule has 12 nitrogen and oxygen atoms in total. The first-order chi connectivity index (χ1) is 14.4. The van der Waals surface area contributed by atoms with Gasteiger partial charge in [0, 0.05) is 6.42 Å². The number of amides is 4. The fourth-order valence-corrected chi connectivity index (χ4v) is 2.66. The van der Waals surface area contributed by atoms with E-state index in [0.29, 0.717) is 19.4 Å². The first kappa shape index (κ1) is 28.3. The highest BCUT2D eigenvalue weighted by Gasteiger charge is 2.30. The molecule has 0 fully saturated rings. The van der Waals surface area contributed by atoms with Gasteiger partial charge in [-0.05, 0) is 45.1 Å². The lowest BCUT2D eigenvalue weighted by atomic mass is 10.0. The molecular formula is C19H36N6O6. The van der Waals surface area contributed by atoms with Crippen LogP contribution >= 0.6 is 0 Å². The zero-order valence-electron chi connectivity index (χ0n) is 18.3. The van der Waals surface area contributed by atoms with Gasteiger partial charge in [-0.2, -0.15) is 0 Å². The third-order valence-electron chi connectivity index (χ3n) is 4.54. The molecule has 0 radical (unpaired) electrons. The number of rotatable bonds is 15. The van der Waals surface area contributed by atoms with Crippen molar-refractivity contribution in [2.75, 3.05) is 6.54 Å². The van der Waals surface area contributed by atoms with Crippen LogP contribution in [-0.4, -0.2) is 65.4 Å². The number of carboxylic acid groups (broad SMARTS) is 1. The van der Waals surface area contributed by atoms with Crippen molar-refractivity contribution in [1.82, 2.24) is 16.0 Å². The Morgan fingerprint density at radius 1 is 0.839 bits per heavy atom. The minimum Gasteiger partial charge on any atom is -0.480 e. The number of carboxylic acids is 1. The number of nitrogens with two attached hydrogens (primary N) is 3. The molecule has 0 aromatic heterocycles. The molecule has 0 rings (SSSR count). The summed E-state index contributed by atoms with van der Waals surface area (Å²) in [5.41, 5.74) is 16.1. The van der Waals surface area contributed by atoms with Crippen LogP contribution < -0.4 is 33.2 Å². The topological polar surface area (TPSA) is 220 Å². The van der Waals surface area contributed by atoms with Crippen LogP contribution in [-0.2, 0) is 24.0 Å². The Labute approximate surface area is 182 Å². The fourth-order valence-electron chi connectivity index (χ4n) is 2.66. The molecule has 31 heavy (non-hydrogen) atoms. The molecule has 0 bridgehead atoms. The van der Waals surface area contributed by atoms with Crippen molar-refractivity contribution in [3.63, 3.8) is 0 Å². The van der Waals surface area contributed by atoms with Crippen LogP contribution in [0.2, 0.25) is 0 Å². The summed E-state index contributed by atoms with van der Waals surface area (Å²) in [6, 6.07) is -4.22. The molecule has 0 aromatic rings. The Morgan fingerprint density at radius 3 is 1.81 bits per heavy atom. The first-order valence-corrected chi connectivity index (χ1v) is 10.3. The highest BCUT2D eigenvalue weighted by atomic mass is 16.4. The number of nitrogens with one attached hydrogen (secondary N) is 3. The van der Waals surface area contributed by atoms with Crippen molar-refractivity contribution in [2.45, 2.75) is 77.0 Å². The highest BCUT2D eigenvalue weighted by Crippen LogP contribution is 2.07. The molecule has 0 spiro atoms. The average molecular weight is 445 g/mol. The van der Waals surface area contributed by atoms with Gasteiger partial charge in [0.05, 0.1) is 6.04 Å². The van der Waals surface area contributed by atoms with E-state index in [9.17, 15) is 29.1 Å². The molecule has 10 N–H and O–H groups in total. The van der Waals surface area contributed by atoms with E-state index in [-0.39, 0.29) is 25.2 Å². The van der Waals surface area contributed by atoms with E-state index in [0.717, 1.165) is 0 Å². The lowest BCUT2D eigenvalue weighted by molar-refractivity contribution is -0.143. The summed E-state index contributed by atoms with van der Waals surface area (Å²) in [5.74, 6) is -4.22. The van der Waals surface area contributed by atoms with Crippen LogP contribution in [0.5, 0.6) is 0 Å². The molecule has 12 heteroatoms. The van der Waals surface area contributed by atoms with E-state index < -0.39 is 53.8 Å². The number of hydrogen-bond acceptors (Lipinski definition) is 7. The van der Waals surface area contributed by atoms with Crippen LogP contribution in [0.15, 0.2) is 0 Å². The standard InChI is InChI=1S/C19H36N6O6/c1-10(2)15(19(30)31)25-18(29)12(6-4-5-9-20)24-17(28)13(7-8-14(22)26)23-16(27)11(3)21/h10-13,15H,4-9,20-21H2,1-3H3,(H2,22,26)(H,23,27)(H,24,28)(H,25,29)(H,30,31). The van der Waals surface area contributed by atoms with Crippen molar-refractivity contribution in [2.24, 2.45) is 23.1 Å². The minimum atomic E-state index is -1.20. The van der Waals surface area contributed by atoms with Crippen LogP contribution in [0.4, 0.5) is 0 Å². The van der Waals surface area contributed by atoms with Gasteiger partial charge in [0.2, 0.25) is 23.6 Å². The zero-order chi connectivity index (χ0) is 24.1. The van der Waals surface area contributed by atoms with Gasteiger partial charge in [-0.3, -0.25) is 19.2 Å². The maximum Gasteiger partial charge on any atom is 0.326 e. The Bertz CT molecular complexity index is 639. The summed E-state index contributed by atoms with van der Waals surface area (Å²) in [7, 11) is 0. The summed E-state index contributed by atoms with van der Waals surface area (Å²) >= 11 is 0. The van der Waals surface area contributed by atoms with E-state index in [1.165, 1.54) is 6.92 Å². The number of hydrogen-bond donors (Lipinski definition) is 7. The van der Waals surface area contributed by atoms with Crippen molar-refractivity contribution in [3.8, 4) is 0 Å². The van der Waals surface area contributed by atoms with Gasteiger partial charge >= 0.3 is 5.97 Å². The predicted molar refractivity (Wildman–Crippen MR) is 113 cm³/mol. The fraction of sp³-hybridized carbons (Fsp3) is 0.737. The van der Waals surface area contributed by atoms with Crippen LogP contribution in [0.1, 0.15) is 52.9 Å². The van der Waals surface area contributed by atoms with Crippen LogP contribution in [0, 0.1) is 5.92 Å². The Balaban J connectivity index is 5.45. The lowest BCUT2D eigenvalue weighted by Gasteiger charge is -2.25. The summed E-state index contributed by atoms with van der Waals surface area (Å²) < 4.78 is 0. The van der Waals surface area contributed by atoms with Crippen molar-refractivity contribution < 1.29 is 29.1 Å². The van der Waals surface area contributed by atoms with Gasteiger partial charge < -0.3 is 38.3 Å². The number of carbonyl (C=O) groups excluding carboxylic acids is 4. The summed E-state index contributed by atoms with van der Waals surface area (Å²) in [6.07, 6.45) is 1.06. The van der Waals surface area contributed by atoms with E-state index in [4.69, 9.17) is 17.2 Å². The molecule has 4 atom stereocenters. The molecule has 4 unspecified atom stereocenters. The molecule has 0 aliphatic heterocycles. The Morgan fingerprint density at radius 2 is 1.35 bits per heavy atom. The minimum absolute atomic E-state index is 0.0828. The largest absolute Gasteiger partial charge is 0.480 e. The van der Waals surface area contributed by atoms with E-state index in [1.807, 2.05) is 0 Å². The second kappa shape index (κ2) is 14.3. The molecule has 0 aromatic carbocycles. The molecule has 0 aliphatic carbocycles. The SMILES string of the molecule is CC(N)C(=O)NC(CCC(N)=O)C(=O)NC(CCCCN)C(=O)NC(C(=O)O)C(C)C. The third kappa shape index (κ3) is 11.3. The Kier molecular flexibility index (Phi) is 13.0. The Hall–Kier alpha value is -2.73. The summed E-state index contributed by atoms with van der Waals surface area (Å²) in [5, 5.41) is 16.7. The molecule has 4 amide bonds. The number of aliphatic carboxylic acids is 1. The maximum absolute atomic E-state index is 12.8. The van der Waals surface area contributed by atoms with Gasteiger partial charge in [0.15, 0.2) is 0 Å². The molecule has 178 valence electrons. The van der Waals surface area contributed by atoms with Crippen molar-refractivity contribution in [3.05, 3.63) is 0 Å². The van der Waals surface area contributed by atoms with E-state index in [2.05, 4.69) is 16.0 Å². The second-order valence-electron chi connectivity index (χ2n) is 7.77. The molecule has 0 saturated heterocycles. The van der Waals surface area contributed by atoms with Crippen molar-refractivity contribution >= 4 is 29.6 Å². The van der Waals surface area contributed by atoms with Gasteiger partial charge in [-0.15, -0.1) is 0 Å². The molecular weight excluding hydrogens is 408 g/mol. The van der Waals surface area contributed by atoms with Crippen LogP contribution in [0.3, 0.4) is 0 Å². The number of primary amides is 1. The number of unbranched alkanes of at least 4 members (excludes halogenated alkanes) is 1. The van der Waals surface area contributed by atoms with Gasteiger partial charge in [-0.25, -0.2) is 4.79 Å². The zero-order valence-corrected chi connectivity index (χ0v) is 18.3.